The topological polar surface area (TPSA) is 29.5 Å². The van der Waals surface area contributed by atoms with Gasteiger partial charge in [0.25, 0.3) is 0 Å². The van der Waals surface area contributed by atoms with Crippen LogP contribution in [-0.4, -0.2) is 12.2 Å². The first-order valence-corrected chi connectivity index (χ1v) is 5.96. The first kappa shape index (κ1) is 11.7. The fraction of sp³-hybridized carbons (Fsp3) is 0.538. The second kappa shape index (κ2) is 3.94. The zero-order chi connectivity index (χ0) is 11.9. The van der Waals surface area contributed by atoms with E-state index in [1.165, 1.54) is 0 Å². The SMILES string of the molecule is COc1c(Cl)cc(C2(O)CC2)cc1C(C)C. The van der Waals surface area contributed by atoms with Crippen LogP contribution in [-0.2, 0) is 5.60 Å². The van der Waals surface area contributed by atoms with Crippen molar-refractivity contribution in [3.05, 3.63) is 28.3 Å². The normalized spacial score (nSPS) is 17.6. The van der Waals surface area contributed by atoms with Crippen LogP contribution in [0.25, 0.3) is 0 Å². The molecule has 0 aromatic heterocycles. The van der Waals surface area contributed by atoms with Crippen molar-refractivity contribution in [1.29, 1.82) is 0 Å². The van der Waals surface area contributed by atoms with Gasteiger partial charge >= 0.3 is 0 Å². The van der Waals surface area contributed by atoms with Gasteiger partial charge in [0.05, 0.1) is 17.7 Å². The van der Waals surface area contributed by atoms with Crippen molar-refractivity contribution < 1.29 is 9.84 Å². The van der Waals surface area contributed by atoms with E-state index in [-0.39, 0.29) is 0 Å². The van der Waals surface area contributed by atoms with Crippen molar-refractivity contribution in [2.75, 3.05) is 7.11 Å². The van der Waals surface area contributed by atoms with E-state index < -0.39 is 5.60 Å². The van der Waals surface area contributed by atoms with E-state index in [2.05, 4.69) is 13.8 Å². The molecule has 1 fully saturated rings. The molecule has 0 radical (unpaired) electrons. The summed E-state index contributed by atoms with van der Waals surface area (Å²) in [5.41, 5.74) is 1.34. The van der Waals surface area contributed by atoms with Gasteiger partial charge in [0.2, 0.25) is 0 Å². The molecule has 1 aliphatic carbocycles. The molecule has 2 rings (SSSR count). The molecule has 0 bridgehead atoms. The molecule has 3 heteroatoms. The molecule has 0 saturated heterocycles. The van der Waals surface area contributed by atoms with E-state index in [0.29, 0.717) is 10.9 Å². The Kier molecular flexibility index (Phi) is 2.89. The number of hydrogen-bond acceptors (Lipinski definition) is 2. The van der Waals surface area contributed by atoms with E-state index in [1.807, 2.05) is 12.1 Å². The number of halogens is 1. The van der Waals surface area contributed by atoms with Crippen LogP contribution in [0.3, 0.4) is 0 Å². The average molecular weight is 241 g/mol. The zero-order valence-corrected chi connectivity index (χ0v) is 10.6. The molecule has 0 unspecified atom stereocenters. The molecule has 1 N–H and O–H groups in total. The number of methoxy groups -OCH3 is 1. The van der Waals surface area contributed by atoms with Gasteiger partial charge < -0.3 is 9.84 Å². The highest BCUT2D eigenvalue weighted by Crippen LogP contribution is 2.48. The van der Waals surface area contributed by atoms with Crippen LogP contribution in [0.4, 0.5) is 0 Å². The van der Waals surface area contributed by atoms with Gasteiger partial charge in [0.15, 0.2) is 0 Å². The maximum absolute atomic E-state index is 10.1. The lowest BCUT2D eigenvalue weighted by Gasteiger charge is -2.17. The molecule has 0 aliphatic heterocycles. The van der Waals surface area contributed by atoms with E-state index in [9.17, 15) is 5.11 Å². The Morgan fingerprint density at radius 2 is 2.00 bits per heavy atom. The summed E-state index contributed by atoms with van der Waals surface area (Å²) in [6, 6.07) is 3.83. The van der Waals surface area contributed by atoms with E-state index in [4.69, 9.17) is 16.3 Å². The van der Waals surface area contributed by atoms with Crippen LogP contribution in [0.5, 0.6) is 5.75 Å². The maximum Gasteiger partial charge on any atom is 0.140 e. The minimum absolute atomic E-state index is 0.328. The smallest absolute Gasteiger partial charge is 0.140 e. The van der Waals surface area contributed by atoms with Crippen LogP contribution in [0.15, 0.2) is 12.1 Å². The van der Waals surface area contributed by atoms with Gasteiger partial charge in [-0.25, -0.2) is 0 Å². The molecule has 1 aliphatic rings. The van der Waals surface area contributed by atoms with Crippen molar-refractivity contribution in [2.24, 2.45) is 0 Å². The fourth-order valence-electron chi connectivity index (χ4n) is 1.93. The summed E-state index contributed by atoms with van der Waals surface area (Å²) in [5, 5.41) is 10.7. The highest BCUT2D eigenvalue weighted by atomic mass is 35.5. The maximum atomic E-state index is 10.1. The van der Waals surface area contributed by atoms with E-state index in [0.717, 1.165) is 29.7 Å². The van der Waals surface area contributed by atoms with Gasteiger partial charge in [0, 0.05) is 0 Å². The van der Waals surface area contributed by atoms with Crippen LogP contribution in [0.2, 0.25) is 5.02 Å². The van der Waals surface area contributed by atoms with Gasteiger partial charge in [-0.3, -0.25) is 0 Å². The Balaban J connectivity index is 2.52. The third-order valence-electron chi connectivity index (χ3n) is 3.16. The van der Waals surface area contributed by atoms with Gasteiger partial charge in [-0.15, -0.1) is 0 Å². The molecular weight excluding hydrogens is 224 g/mol. The summed E-state index contributed by atoms with van der Waals surface area (Å²) in [4.78, 5) is 0. The summed E-state index contributed by atoms with van der Waals surface area (Å²) in [6.45, 7) is 4.18. The quantitative estimate of drug-likeness (QED) is 0.877. The molecule has 88 valence electrons. The highest BCUT2D eigenvalue weighted by Gasteiger charge is 2.42. The Hall–Kier alpha value is -0.730. The Morgan fingerprint density at radius 3 is 2.44 bits per heavy atom. The summed E-state index contributed by atoms with van der Waals surface area (Å²) in [5.74, 6) is 1.06. The molecule has 2 nitrogen and oxygen atoms in total. The van der Waals surface area contributed by atoms with Gasteiger partial charge in [-0.1, -0.05) is 25.4 Å². The molecule has 0 atom stereocenters. The largest absolute Gasteiger partial charge is 0.495 e. The third kappa shape index (κ3) is 1.92. The third-order valence-corrected chi connectivity index (χ3v) is 3.44. The summed E-state index contributed by atoms with van der Waals surface area (Å²) in [7, 11) is 1.62. The fourth-order valence-corrected chi connectivity index (χ4v) is 2.24. The minimum atomic E-state index is -0.639. The second-order valence-corrected chi connectivity index (χ2v) is 5.17. The van der Waals surface area contributed by atoms with E-state index in [1.54, 1.807) is 7.11 Å². The van der Waals surface area contributed by atoms with Crippen molar-refractivity contribution in [2.45, 2.75) is 38.2 Å². The molecular formula is C13H17ClO2. The predicted molar refractivity (Wildman–Crippen MR) is 65.2 cm³/mol. The highest BCUT2D eigenvalue weighted by molar-refractivity contribution is 6.32. The Labute approximate surface area is 101 Å². The summed E-state index contributed by atoms with van der Waals surface area (Å²) in [6.07, 6.45) is 1.65. The first-order chi connectivity index (χ1) is 7.48. The number of aliphatic hydroxyl groups is 1. The van der Waals surface area contributed by atoms with Gasteiger partial charge in [-0.2, -0.15) is 0 Å². The van der Waals surface area contributed by atoms with E-state index >= 15 is 0 Å². The number of hydrogen-bond donors (Lipinski definition) is 1. The monoisotopic (exact) mass is 240 g/mol. The molecule has 0 heterocycles. The first-order valence-electron chi connectivity index (χ1n) is 5.58. The molecule has 1 aromatic rings. The van der Waals surface area contributed by atoms with Crippen LogP contribution >= 0.6 is 11.6 Å². The lowest BCUT2D eigenvalue weighted by Crippen LogP contribution is -2.06. The van der Waals surface area contributed by atoms with Crippen molar-refractivity contribution in [3.8, 4) is 5.75 Å². The van der Waals surface area contributed by atoms with Gasteiger partial charge in [-0.05, 0) is 42.0 Å². The predicted octanol–water partition coefficient (Wildman–Crippen LogP) is 3.45. The minimum Gasteiger partial charge on any atom is -0.495 e. The van der Waals surface area contributed by atoms with Crippen LogP contribution in [0, 0.1) is 0 Å². The number of ether oxygens (including phenoxy) is 1. The zero-order valence-electron chi connectivity index (χ0n) is 9.88. The Morgan fingerprint density at radius 1 is 1.38 bits per heavy atom. The van der Waals surface area contributed by atoms with Crippen LogP contribution in [0.1, 0.15) is 43.7 Å². The molecule has 0 amide bonds. The summed E-state index contributed by atoms with van der Waals surface area (Å²) < 4.78 is 5.31. The van der Waals surface area contributed by atoms with Crippen molar-refractivity contribution in [3.63, 3.8) is 0 Å². The molecule has 16 heavy (non-hydrogen) atoms. The van der Waals surface area contributed by atoms with Crippen LogP contribution < -0.4 is 4.74 Å². The Bertz CT molecular complexity index is 409. The second-order valence-electron chi connectivity index (χ2n) is 4.77. The number of rotatable bonds is 3. The number of benzene rings is 1. The average Bonchev–Trinajstić information content (AvgIpc) is 2.96. The van der Waals surface area contributed by atoms with Crippen molar-refractivity contribution in [1.82, 2.24) is 0 Å². The van der Waals surface area contributed by atoms with Crippen molar-refractivity contribution >= 4 is 11.6 Å². The molecule has 0 spiro atoms. The molecule has 1 saturated carbocycles. The lowest BCUT2D eigenvalue weighted by atomic mass is 9.96. The lowest BCUT2D eigenvalue weighted by molar-refractivity contribution is 0.151. The molecule has 1 aromatic carbocycles. The standard InChI is InChI=1S/C13H17ClO2/c1-8(2)10-6-9(13(15)4-5-13)7-11(14)12(10)16-3/h6-8,15H,4-5H2,1-3H3. The summed E-state index contributed by atoms with van der Waals surface area (Å²) >= 11 is 6.18. The van der Waals surface area contributed by atoms with Gasteiger partial charge in [0.1, 0.15) is 5.75 Å².